The van der Waals surface area contributed by atoms with Crippen LogP contribution in [-0.4, -0.2) is 31.2 Å². The van der Waals surface area contributed by atoms with E-state index in [1.807, 2.05) is 0 Å². The van der Waals surface area contributed by atoms with Crippen molar-refractivity contribution in [2.24, 2.45) is 5.73 Å². The number of nitrogens with one attached hydrogen (secondary N) is 1. The Bertz CT molecular complexity index is 428. The average Bonchev–Trinajstić information content (AvgIpc) is 2.86. The standard InChI is InChI=1S/C14H21ClN2O3/c15-13-12(6-9-20-13)14(18)17-7-1-8-19-11-4-2-10(16)3-5-11/h6,9-11H,1-5,7-8,16H2,(H,17,18). The van der Waals surface area contributed by atoms with Crippen LogP contribution in [-0.2, 0) is 4.74 Å². The summed E-state index contributed by atoms with van der Waals surface area (Å²) in [6.45, 7) is 1.21. The normalized spacial score (nSPS) is 22.7. The highest BCUT2D eigenvalue weighted by molar-refractivity contribution is 6.32. The van der Waals surface area contributed by atoms with Crippen LogP contribution in [0.2, 0.25) is 5.22 Å². The summed E-state index contributed by atoms with van der Waals surface area (Å²) in [7, 11) is 0. The first kappa shape index (κ1) is 15.4. The van der Waals surface area contributed by atoms with Crippen molar-refractivity contribution >= 4 is 17.5 Å². The molecule has 2 rings (SSSR count). The quantitative estimate of drug-likeness (QED) is 0.791. The van der Waals surface area contributed by atoms with Gasteiger partial charge < -0.3 is 20.2 Å². The molecule has 1 saturated carbocycles. The van der Waals surface area contributed by atoms with Gasteiger partial charge in [0, 0.05) is 19.2 Å². The van der Waals surface area contributed by atoms with Gasteiger partial charge in [0.1, 0.15) is 0 Å². The van der Waals surface area contributed by atoms with Crippen LogP contribution in [0.15, 0.2) is 16.7 Å². The maximum atomic E-state index is 11.7. The summed E-state index contributed by atoms with van der Waals surface area (Å²) in [5.74, 6) is -0.215. The third-order valence-electron chi connectivity index (χ3n) is 3.54. The van der Waals surface area contributed by atoms with E-state index in [0.29, 0.717) is 30.9 Å². The van der Waals surface area contributed by atoms with Crippen LogP contribution in [0, 0.1) is 0 Å². The second-order valence-electron chi connectivity index (χ2n) is 5.13. The second kappa shape index (κ2) is 7.67. The van der Waals surface area contributed by atoms with E-state index in [1.165, 1.54) is 6.26 Å². The predicted octanol–water partition coefficient (Wildman–Crippen LogP) is 2.34. The minimum atomic E-state index is -0.215. The van der Waals surface area contributed by atoms with Gasteiger partial charge in [-0.3, -0.25) is 4.79 Å². The fourth-order valence-electron chi connectivity index (χ4n) is 2.33. The number of rotatable bonds is 6. The van der Waals surface area contributed by atoms with Gasteiger partial charge >= 0.3 is 0 Å². The molecule has 0 radical (unpaired) electrons. The van der Waals surface area contributed by atoms with Gasteiger partial charge in [-0.15, -0.1) is 0 Å². The van der Waals surface area contributed by atoms with Gasteiger partial charge in [-0.1, -0.05) is 0 Å². The number of hydrogen-bond acceptors (Lipinski definition) is 4. The number of hydrogen-bond donors (Lipinski definition) is 2. The van der Waals surface area contributed by atoms with E-state index in [4.69, 9.17) is 26.5 Å². The van der Waals surface area contributed by atoms with Gasteiger partial charge in [0.05, 0.1) is 17.9 Å². The molecule has 3 N–H and O–H groups in total. The number of furan rings is 1. The topological polar surface area (TPSA) is 77.5 Å². The summed E-state index contributed by atoms with van der Waals surface area (Å²) in [6, 6.07) is 1.90. The zero-order chi connectivity index (χ0) is 14.4. The van der Waals surface area contributed by atoms with Crippen LogP contribution in [0.25, 0.3) is 0 Å². The van der Waals surface area contributed by atoms with Gasteiger partial charge in [0.2, 0.25) is 5.22 Å². The van der Waals surface area contributed by atoms with Crippen molar-refractivity contribution in [3.05, 3.63) is 23.1 Å². The van der Waals surface area contributed by atoms with Crippen molar-refractivity contribution in [2.75, 3.05) is 13.2 Å². The number of carbonyl (C=O) groups is 1. The molecule has 0 bridgehead atoms. The number of nitrogens with two attached hydrogens (primary N) is 1. The van der Waals surface area contributed by atoms with E-state index in [2.05, 4.69) is 5.32 Å². The van der Waals surface area contributed by atoms with Gasteiger partial charge in [0.25, 0.3) is 5.91 Å². The molecule has 6 heteroatoms. The van der Waals surface area contributed by atoms with Gasteiger partial charge in [-0.25, -0.2) is 0 Å². The minimum absolute atomic E-state index is 0.122. The smallest absolute Gasteiger partial charge is 0.256 e. The molecular weight excluding hydrogens is 280 g/mol. The van der Waals surface area contributed by atoms with Crippen LogP contribution in [0.1, 0.15) is 42.5 Å². The van der Waals surface area contributed by atoms with Gasteiger partial charge in [-0.05, 0) is 49.8 Å². The molecular formula is C14H21ClN2O3. The molecule has 1 aliphatic rings. The molecule has 0 aliphatic heterocycles. The first-order valence-corrected chi connectivity index (χ1v) is 7.43. The van der Waals surface area contributed by atoms with Gasteiger partial charge in [-0.2, -0.15) is 0 Å². The highest BCUT2D eigenvalue weighted by Crippen LogP contribution is 2.20. The van der Waals surface area contributed by atoms with E-state index in [9.17, 15) is 4.79 Å². The Morgan fingerprint density at radius 2 is 2.20 bits per heavy atom. The molecule has 0 saturated heterocycles. The molecule has 0 spiro atoms. The maximum Gasteiger partial charge on any atom is 0.256 e. The molecule has 1 amide bonds. The predicted molar refractivity (Wildman–Crippen MR) is 76.9 cm³/mol. The lowest BCUT2D eigenvalue weighted by Crippen LogP contribution is -2.31. The molecule has 1 aromatic rings. The number of halogens is 1. The lowest BCUT2D eigenvalue weighted by atomic mass is 9.94. The first-order chi connectivity index (χ1) is 9.66. The number of amides is 1. The van der Waals surface area contributed by atoms with Crippen molar-refractivity contribution in [2.45, 2.75) is 44.2 Å². The average molecular weight is 301 g/mol. The Labute approximate surface area is 123 Å². The zero-order valence-electron chi connectivity index (χ0n) is 11.4. The third-order valence-corrected chi connectivity index (χ3v) is 3.83. The Morgan fingerprint density at radius 1 is 1.45 bits per heavy atom. The largest absolute Gasteiger partial charge is 0.452 e. The van der Waals surface area contributed by atoms with Crippen LogP contribution < -0.4 is 11.1 Å². The molecule has 1 heterocycles. The molecule has 20 heavy (non-hydrogen) atoms. The molecule has 0 aromatic carbocycles. The van der Waals surface area contributed by atoms with Crippen LogP contribution in [0.5, 0.6) is 0 Å². The maximum absolute atomic E-state index is 11.7. The third kappa shape index (κ3) is 4.51. The SMILES string of the molecule is NC1CCC(OCCCNC(=O)c2ccoc2Cl)CC1. The minimum Gasteiger partial charge on any atom is -0.452 e. The Hall–Kier alpha value is -1.04. The molecule has 1 aliphatic carbocycles. The monoisotopic (exact) mass is 300 g/mol. The molecule has 0 unspecified atom stereocenters. The molecule has 0 atom stereocenters. The summed E-state index contributed by atoms with van der Waals surface area (Å²) in [5.41, 5.74) is 6.21. The van der Waals surface area contributed by atoms with E-state index in [0.717, 1.165) is 32.1 Å². The zero-order valence-corrected chi connectivity index (χ0v) is 12.2. The lowest BCUT2D eigenvalue weighted by molar-refractivity contribution is 0.0241. The van der Waals surface area contributed by atoms with Gasteiger partial charge in [0.15, 0.2) is 0 Å². The van der Waals surface area contributed by atoms with Crippen molar-refractivity contribution in [1.29, 1.82) is 0 Å². The van der Waals surface area contributed by atoms with Crippen LogP contribution in [0.4, 0.5) is 0 Å². The first-order valence-electron chi connectivity index (χ1n) is 7.05. The highest BCUT2D eigenvalue weighted by Gasteiger charge is 2.18. The summed E-state index contributed by atoms with van der Waals surface area (Å²) in [4.78, 5) is 11.7. The van der Waals surface area contributed by atoms with Crippen molar-refractivity contribution in [3.63, 3.8) is 0 Å². The highest BCUT2D eigenvalue weighted by atomic mass is 35.5. The Morgan fingerprint density at radius 3 is 2.85 bits per heavy atom. The van der Waals surface area contributed by atoms with Crippen molar-refractivity contribution < 1.29 is 13.9 Å². The summed E-state index contributed by atoms with van der Waals surface area (Å²) < 4.78 is 10.6. The Kier molecular flexibility index (Phi) is 5.88. The lowest BCUT2D eigenvalue weighted by Gasteiger charge is -2.26. The van der Waals surface area contributed by atoms with Crippen molar-refractivity contribution in [1.82, 2.24) is 5.32 Å². The summed E-state index contributed by atoms with van der Waals surface area (Å²) in [6.07, 6.45) is 6.67. The number of ether oxygens (including phenoxy) is 1. The van der Waals surface area contributed by atoms with E-state index in [1.54, 1.807) is 6.07 Å². The van der Waals surface area contributed by atoms with Crippen molar-refractivity contribution in [3.8, 4) is 0 Å². The van der Waals surface area contributed by atoms with E-state index >= 15 is 0 Å². The summed E-state index contributed by atoms with van der Waals surface area (Å²) >= 11 is 5.73. The van der Waals surface area contributed by atoms with Crippen LogP contribution in [0.3, 0.4) is 0 Å². The van der Waals surface area contributed by atoms with E-state index in [-0.39, 0.29) is 11.1 Å². The molecule has 1 aromatic heterocycles. The van der Waals surface area contributed by atoms with Crippen LogP contribution >= 0.6 is 11.6 Å². The molecule has 5 nitrogen and oxygen atoms in total. The molecule has 1 fully saturated rings. The fraction of sp³-hybridized carbons (Fsp3) is 0.643. The van der Waals surface area contributed by atoms with E-state index < -0.39 is 0 Å². The second-order valence-corrected chi connectivity index (χ2v) is 5.47. The summed E-state index contributed by atoms with van der Waals surface area (Å²) in [5, 5.41) is 2.91. The molecule has 112 valence electrons. The Balaban J connectivity index is 1.56. The number of carbonyl (C=O) groups excluding carboxylic acids is 1. The fourth-order valence-corrected chi connectivity index (χ4v) is 2.53.